The van der Waals surface area contributed by atoms with Gasteiger partial charge in [0.1, 0.15) is 11.0 Å². The fraction of sp³-hybridized carbons (Fsp3) is 0.250. The van der Waals surface area contributed by atoms with Gasteiger partial charge in [0.2, 0.25) is 5.78 Å². The van der Waals surface area contributed by atoms with Crippen LogP contribution in [0.3, 0.4) is 0 Å². The van der Waals surface area contributed by atoms with Gasteiger partial charge in [0.15, 0.2) is 5.65 Å². The Morgan fingerprint density at radius 1 is 1.29 bits per heavy atom. The molecule has 0 unspecified atom stereocenters. The largest absolute Gasteiger partial charge is 0.364 e. The zero-order valence-corrected chi connectivity index (χ0v) is 14.1. The third-order valence-electron chi connectivity index (χ3n) is 3.83. The van der Waals surface area contributed by atoms with Crippen LogP contribution in [0.2, 0.25) is 5.15 Å². The average molecular weight is 342 g/mol. The molecule has 0 atom stereocenters. The number of hydrogen-bond donors (Lipinski definition) is 1. The van der Waals surface area contributed by atoms with Crippen LogP contribution in [0, 0.1) is 0 Å². The highest BCUT2D eigenvalue weighted by Crippen LogP contribution is 2.24. The number of anilines is 1. The Labute approximate surface area is 143 Å². The van der Waals surface area contributed by atoms with E-state index < -0.39 is 0 Å². The molecule has 0 aliphatic carbocycles. The van der Waals surface area contributed by atoms with E-state index in [0.717, 1.165) is 22.7 Å². The molecule has 122 valence electrons. The van der Waals surface area contributed by atoms with Crippen LogP contribution in [-0.4, -0.2) is 29.0 Å². The van der Waals surface area contributed by atoms with Crippen LogP contribution in [0.5, 0.6) is 0 Å². The first kappa shape index (κ1) is 14.9. The number of imidazole rings is 1. The van der Waals surface area contributed by atoms with Crippen LogP contribution in [0.1, 0.15) is 31.0 Å². The van der Waals surface area contributed by atoms with Crippen molar-refractivity contribution in [2.45, 2.75) is 26.3 Å². The third-order valence-corrected chi connectivity index (χ3v) is 4.02. The molecule has 0 aromatic carbocycles. The molecule has 8 heteroatoms. The topological polar surface area (TPSA) is 72.4 Å². The van der Waals surface area contributed by atoms with Gasteiger partial charge in [0.05, 0.1) is 18.4 Å². The van der Waals surface area contributed by atoms with Crippen molar-refractivity contribution in [2.24, 2.45) is 0 Å². The summed E-state index contributed by atoms with van der Waals surface area (Å²) >= 11 is 6.18. The molecule has 24 heavy (non-hydrogen) atoms. The van der Waals surface area contributed by atoms with E-state index in [4.69, 9.17) is 11.6 Å². The number of rotatable bonds is 4. The smallest absolute Gasteiger partial charge is 0.233 e. The first-order chi connectivity index (χ1) is 11.6. The number of nitrogens with one attached hydrogen (secondary N) is 1. The van der Waals surface area contributed by atoms with E-state index in [0.29, 0.717) is 23.4 Å². The summed E-state index contributed by atoms with van der Waals surface area (Å²) in [6.45, 7) is 4.75. The van der Waals surface area contributed by atoms with Crippen LogP contribution in [0.25, 0.3) is 11.4 Å². The van der Waals surface area contributed by atoms with Gasteiger partial charge in [-0.3, -0.25) is 4.40 Å². The molecule has 0 radical (unpaired) electrons. The lowest BCUT2D eigenvalue weighted by atomic mass is 10.1. The summed E-state index contributed by atoms with van der Waals surface area (Å²) in [5.74, 6) is 1.78. The summed E-state index contributed by atoms with van der Waals surface area (Å²) in [5, 5.41) is 8.20. The van der Waals surface area contributed by atoms with E-state index in [2.05, 4.69) is 39.2 Å². The van der Waals surface area contributed by atoms with Crippen molar-refractivity contribution in [1.82, 2.24) is 29.0 Å². The Kier molecular flexibility index (Phi) is 3.57. The van der Waals surface area contributed by atoms with Crippen LogP contribution >= 0.6 is 11.6 Å². The van der Waals surface area contributed by atoms with Gasteiger partial charge in [0.25, 0.3) is 0 Å². The average Bonchev–Trinajstić information content (AvgIpc) is 3.15. The van der Waals surface area contributed by atoms with Crippen LogP contribution in [0.15, 0.2) is 36.9 Å². The summed E-state index contributed by atoms with van der Waals surface area (Å²) in [4.78, 5) is 13.1. The Morgan fingerprint density at radius 3 is 2.96 bits per heavy atom. The predicted octanol–water partition coefficient (Wildman–Crippen LogP) is 3.16. The van der Waals surface area contributed by atoms with Crippen molar-refractivity contribution in [3.8, 4) is 0 Å². The van der Waals surface area contributed by atoms with Gasteiger partial charge in [-0.25, -0.2) is 15.0 Å². The fourth-order valence-electron chi connectivity index (χ4n) is 2.63. The number of hydrogen-bond acceptors (Lipinski definition) is 5. The molecule has 0 aliphatic heterocycles. The molecule has 0 fully saturated rings. The van der Waals surface area contributed by atoms with Gasteiger partial charge in [-0.2, -0.15) is 9.61 Å². The number of fused-ring (bicyclic) bond motifs is 2. The molecule has 0 amide bonds. The predicted molar refractivity (Wildman–Crippen MR) is 92.4 cm³/mol. The van der Waals surface area contributed by atoms with Gasteiger partial charge < -0.3 is 5.32 Å². The molecule has 0 saturated carbocycles. The van der Waals surface area contributed by atoms with Crippen molar-refractivity contribution in [2.75, 3.05) is 5.32 Å². The van der Waals surface area contributed by atoms with Crippen molar-refractivity contribution < 1.29 is 0 Å². The summed E-state index contributed by atoms with van der Waals surface area (Å²) in [6.07, 6.45) is 7.42. The van der Waals surface area contributed by atoms with Crippen molar-refractivity contribution >= 4 is 28.8 Å². The van der Waals surface area contributed by atoms with E-state index in [-0.39, 0.29) is 0 Å². The minimum atomic E-state index is 0.325. The monoisotopic (exact) mass is 341 g/mol. The Balaban J connectivity index is 1.66. The normalized spacial score (nSPS) is 11.7. The minimum Gasteiger partial charge on any atom is -0.364 e. The molecular formula is C16H16ClN7. The van der Waals surface area contributed by atoms with Gasteiger partial charge >= 0.3 is 0 Å². The van der Waals surface area contributed by atoms with Crippen molar-refractivity contribution in [3.63, 3.8) is 0 Å². The number of halogens is 1. The summed E-state index contributed by atoms with van der Waals surface area (Å²) in [5.41, 5.74) is 2.72. The van der Waals surface area contributed by atoms with Crippen molar-refractivity contribution in [3.05, 3.63) is 53.3 Å². The molecule has 4 aromatic rings. The first-order valence-corrected chi connectivity index (χ1v) is 8.06. The van der Waals surface area contributed by atoms with E-state index in [1.165, 1.54) is 0 Å². The van der Waals surface area contributed by atoms with Crippen LogP contribution in [-0.2, 0) is 6.54 Å². The second kappa shape index (κ2) is 5.76. The Hall–Kier alpha value is -2.67. The molecule has 4 rings (SSSR count). The van der Waals surface area contributed by atoms with E-state index in [1.54, 1.807) is 16.8 Å². The molecule has 0 bridgehead atoms. The molecular weight excluding hydrogens is 326 g/mol. The lowest BCUT2D eigenvalue weighted by Gasteiger charge is -2.08. The van der Waals surface area contributed by atoms with E-state index in [9.17, 15) is 0 Å². The standard InChI is InChI=1S/C16H16ClN7/c1-10(2)12-8-20-24-14(6-13(17)22-15(12)24)19-7-11-9-23-5-3-4-18-16(23)21-11/h3-6,8-10,19H,7H2,1-2H3. The minimum absolute atomic E-state index is 0.325. The first-order valence-electron chi connectivity index (χ1n) is 7.68. The van der Waals surface area contributed by atoms with Crippen molar-refractivity contribution in [1.29, 1.82) is 0 Å². The van der Waals surface area contributed by atoms with E-state index in [1.807, 2.05) is 29.1 Å². The molecule has 7 nitrogen and oxygen atoms in total. The maximum absolute atomic E-state index is 6.18. The highest BCUT2D eigenvalue weighted by Gasteiger charge is 2.13. The molecule has 1 N–H and O–H groups in total. The number of aromatic nitrogens is 6. The zero-order valence-electron chi connectivity index (χ0n) is 13.3. The van der Waals surface area contributed by atoms with Gasteiger partial charge in [-0.05, 0) is 12.0 Å². The maximum atomic E-state index is 6.18. The van der Waals surface area contributed by atoms with Gasteiger partial charge in [-0.15, -0.1) is 0 Å². The van der Waals surface area contributed by atoms with Gasteiger partial charge in [0, 0.05) is 30.2 Å². The quantitative estimate of drug-likeness (QED) is 0.577. The number of nitrogens with zero attached hydrogens (tertiary/aromatic N) is 6. The lowest BCUT2D eigenvalue weighted by molar-refractivity contribution is 0.871. The fourth-order valence-corrected chi connectivity index (χ4v) is 2.81. The van der Waals surface area contributed by atoms with Crippen LogP contribution < -0.4 is 5.32 Å². The van der Waals surface area contributed by atoms with Crippen LogP contribution in [0.4, 0.5) is 5.82 Å². The third kappa shape index (κ3) is 2.56. The summed E-state index contributed by atoms with van der Waals surface area (Å²) in [7, 11) is 0. The second-order valence-corrected chi connectivity index (χ2v) is 6.25. The summed E-state index contributed by atoms with van der Waals surface area (Å²) < 4.78 is 3.66. The maximum Gasteiger partial charge on any atom is 0.233 e. The highest BCUT2D eigenvalue weighted by molar-refractivity contribution is 6.29. The highest BCUT2D eigenvalue weighted by atomic mass is 35.5. The Morgan fingerprint density at radius 2 is 2.17 bits per heavy atom. The van der Waals surface area contributed by atoms with E-state index >= 15 is 0 Å². The molecule has 4 aromatic heterocycles. The zero-order chi connectivity index (χ0) is 16.7. The second-order valence-electron chi connectivity index (χ2n) is 5.87. The molecule has 0 aliphatic rings. The molecule has 0 spiro atoms. The SMILES string of the molecule is CC(C)c1cnn2c(NCc3cn4cccnc4n3)cc(Cl)nc12. The summed E-state index contributed by atoms with van der Waals surface area (Å²) in [6, 6.07) is 3.63. The Bertz CT molecular complexity index is 985. The molecule has 0 saturated heterocycles. The van der Waals surface area contributed by atoms with Gasteiger partial charge in [-0.1, -0.05) is 25.4 Å². The molecule has 4 heterocycles. The lowest BCUT2D eigenvalue weighted by Crippen LogP contribution is -2.06.